The van der Waals surface area contributed by atoms with Crippen molar-refractivity contribution in [1.29, 1.82) is 0 Å². The number of halogens is 2. The average Bonchev–Trinajstić information content (AvgIpc) is 2.67. The van der Waals surface area contributed by atoms with E-state index in [0.29, 0.717) is 26.1 Å². The fourth-order valence-electron chi connectivity index (χ4n) is 3.17. The highest BCUT2D eigenvalue weighted by molar-refractivity contribution is 7.89. The minimum atomic E-state index is -4.08. The van der Waals surface area contributed by atoms with Crippen molar-refractivity contribution >= 4 is 27.5 Å². The van der Waals surface area contributed by atoms with E-state index in [-0.39, 0.29) is 33.6 Å². The fourth-order valence-corrected chi connectivity index (χ4v) is 5.20. The summed E-state index contributed by atoms with van der Waals surface area (Å²) in [7, 11) is -4.08. The number of carbonyl (C=O) groups excluding carboxylic acids is 1. The molecule has 0 radical (unpaired) electrons. The summed E-state index contributed by atoms with van der Waals surface area (Å²) < 4.78 is 47.7. The van der Waals surface area contributed by atoms with Gasteiger partial charge in [-0.05, 0) is 37.1 Å². The van der Waals surface area contributed by atoms with E-state index >= 15 is 0 Å². The van der Waals surface area contributed by atoms with Crippen LogP contribution in [0, 0.1) is 5.82 Å². The van der Waals surface area contributed by atoms with Crippen LogP contribution in [0.2, 0.25) is 5.02 Å². The number of rotatable bonds is 6. The molecule has 150 valence electrons. The molecule has 28 heavy (non-hydrogen) atoms. The Balaban J connectivity index is 2.05. The highest BCUT2D eigenvalue weighted by atomic mass is 35.5. The van der Waals surface area contributed by atoms with Gasteiger partial charge < -0.3 is 10.5 Å². The molecule has 0 atom stereocenters. The summed E-state index contributed by atoms with van der Waals surface area (Å²) in [6.07, 6.45) is 0.966. The van der Waals surface area contributed by atoms with Crippen molar-refractivity contribution < 1.29 is 22.3 Å². The van der Waals surface area contributed by atoms with Gasteiger partial charge in [-0.25, -0.2) is 12.8 Å². The Morgan fingerprint density at radius 1 is 1.21 bits per heavy atom. The lowest BCUT2D eigenvalue weighted by atomic mass is 10.1. The molecule has 1 fully saturated rings. The molecule has 2 aromatic rings. The van der Waals surface area contributed by atoms with Crippen LogP contribution in [0.5, 0.6) is 0 Å². The van der Waals surface area contributed by atoms with Crippen molar-refractivity contribution in [2.45, 2.75) is 30.3 Å². The SMILES string of the molecule is NC(=O)c1cc(Cl)cc(S(=O)(=O)N(Cc2ccccc2F)C2CCOCC2)c1. The van der Waals surface area contributed by atoms with Crippen molar-refractivity contribution in [3.05, 3.63) is 64.4 Å². The lowest BCUT2D eigenvalue weighted by molar-refractivity contribution is 0.0568. The number of hydrogen-bond acceptors (Lipinski definition) is 4. The van der Waals surface area contributed by atoms with Gasteiger partial charge in [0.25, 0.3) is 0 Å². The fraction of sp³-hybridized carbons (Fsp3) is 0.316. The summed E-state index contributed by atoms with van der Waals surface area (Å²) in [6.45, 7) is 0.685. The second-order valence-corrected chi connectivity index (χ2v) is 8.85. The third-order valence-corrected chi connectivity index (χ3v) is 6.74. The molecule has 1 amide bonds. The number of nitrogens with zero attached hydrogens (tertiary/aromatic N) is 1. The zero-order valence-electron chi connectivity index (χ0n) is 15.0. The normalized spacial score (nSPS) is 15.7. The maximum atomic E-state index is 14.2. The van der Waals surface area contributed by atoms with E-state index in [1.54, 1.807) is 18.2 Å². The van der Waals surface area contributed by atoms with Crippen molar-refractivity contribution in [2.75, 3.05) is 13.2 Å². The molecule has 0 aromatic heterocycles. The molecule has 2 aromatic carbocycles. The van der Waals surface area contributed by atoms with Crippen LogP contribution in [0.1, 0.15) is 28.8 Å². The number of sulfonamides is 1. The first-order valence-electron chi connectivity index (χ1n) is 8.72. The van der Waals surface area contributed by atoms with Gasteiger partial charge in [-0.1, -0.05) is 29.8 Å². The topological polar surface area (TPSA) is 89.7 Å². The molecule has 1 saturated heterocycles. The maximum absolute atomic E-state index is 14.2. The summed E-state index contributed by atoms with van der Waals surface area (Å²) in [4.78, 5) is 11.4. The Morgan fingerprint density at radius 2 is 1.89 bits per heavy atom. The summed E-state index contributed by atoms with van der Waals surface area (Å²) in [5, 5.41) is 0.0766. The number of ether oxygens (including phenoxy) is 1. The van der Waals surface area contributed by atoms with Crippen LogP contribution in [0.4, 0.5) is 4.39 Å². The Hall–Kier alpha value is -2.00. The third kappa shape index (κ3) is 4.52. The summed E-state index contributed by atoms with van der Waals surface area (Å²) >= 11 is 6.01. The van der Waals surface area contributed by atoms with E-state index in [2.05, 4.69) is 0 Å². The van der Waals surface area contributed by atoms with Crippen molar-refractivity contribution in [3.8, 4) is 0 Å². The zero-order valence-corrected chi connectivity index (χ0v) is 16.5. The van der Waals surface area contributed by atoms with E-state index in [9.17, 15) is 17.6 Å². The lowest BCUT2D eigenvalue weighted by Crippen LogP contribution is -2.43. The number of amides is 1. The monoisotopic (exact) mass is 426 g/mol. The van der Waals surface area contributed by atoms with Crippen LogP contribution in [0.25, 0.3) is 0 Å². The molecule has 0 aliphatic carbocycles. The standard InChI is InChI=1S/C19H20ClFN2O4S/c20-15-9-14(19(22)24)10-17(11-15)28(25,26)23(16-5-7-27-8-6-16)12-13-3-1-2-4-18(13)21/h1-4,9-11,16H,5-8,12H2,(H2,22,24). The van der Waals surface area contributed by atoms with E-state index in [1.165, 1.54) is 28.6 Å². The minimum Gasteiger partial charge on any atom is -0.381 e. The Bertz CT molecular complexity index is 978. The lowest BCUT2D eigenvalue weighted by Gasteiger charge is -2.33. The maximum Gasteiger partial charge on any atom is 0.248 e. The molecule has 1 aliphatic rings. The number of nitrogens with two attached hydrogens (primary N) is 1. The molecule has 1 heterocycles. The quantitative estimate of drug-likeness (QED) is 0.768. The first kappa shape index (κ1) is 20.7. The Morgan fingerprint density at radius 3 is 2.54 bits per heavy atom. The Labute approximate surface area is 168 Å². The van der Waals surface area contributed by atoms with Gasteiger partial charge in [0.2, 0.25) is 15.9 Å². The van der Waals surface area contributed by atoms with Crippen LogP contribution in [0.3, 0.4) is 0 Å². The zero-order chi connectivity index (χ0) is 20.3. The van der Waals surface area contributed by atoms with Crippen LogP contribution in [-0.4, -0.2) is 37.9 Å². The highest BCUT2D eigenvalue weighted by Crippen LogP contribution is 2.28. The van der Waals surface area contributed by atoms with Crippen molar-refractivity contribution in [3.63, 3.8) is 0 Å². The van der Waals surface area contributed by atoms with Crippen molar-refractivity contribution in [2.24, 2.45) is 5.73 Å². The molecule has 9 heteroatoms. The van der Waals surface area contributed by atoms with Gasteiger partial charge in [-0.2, -0.15) is 4.31 Å². The van der Waals surface area contributed by atoms with E-state index in [4.69, 9.17) is 22.1 Å². The third-order valence-electron chi connectivity index (χ3n) is 4.64. The summed E-state index contributed by atoms with van der Waals surface area (Å²) in [5.41, 5.74) is 5.53. The van der Waals surface area contributed by atoms with E-state index in [1.807, 2.05) is 0 Å². The van der Waals surface area contributed by atoms with Gasteiger partial charge in [0.05, 0.1) is 4.90 Å². The predicted octanol–water partition coefficient (Wildman–Crippen LogP) is 2.95. The van der Waals surface area contributed by atoms with Gasteiger partial charge in [0.15, 0.2) is 0 Å². The van der Waals surface area contributed by atoms with Crippen LogP contribution in [0.15, 0.2) is 47.4 Å². The van der Waals surface area contributed by atoms with Crippen LogP contribution >= 0.6 is 11.6 Å². The summed E-state index contributed by atoms with van der Waals surface area (Å²) in [6, 6.07) is 9.42. The average molecular weight is 427 g/mol. The minimum absolute atomic E-state index is 0.0103. The number of benzene rings is 2. The second kappa shape index (κ2) is 8.57. The molecule has 3 rings (SSSR count). The number of hydrogen-bond donors (Lipinski definition) is 1. The molecule has 0 unspecified atom stereocenters. The largest absolute Gasteiger partial charge is 0.381 e. The number of primary amides is 1. The van der Waals surface area contributed by atoms with Gasteiger partial charge in [0.1, 0.15) is 5.82 Å². The predicted molar refractivity (Wildman–Crippen MR) is 103 cm³/mol. The second-order valence-electron chi connectivity index (χ2n) is 6.53. The first-order valence-corrected chi connectivity index (χ1v) is 10.5. The molecular weight excluding hydrogens is 407 g/mol. The van der Waals surface area contributed by atoms with Gasteiger partial charge in [-0.3, -0.25) is 4.79 Å². The van der Waals surface area contributed by atoms with Gasteiger partial charge >= 0.3 is 0 Å². The smallest absolute Gasteiger partial charge is 0.248 e. The molecule has 0 bridgehead atoms. The van der Waals surface area contributed by atoms with Crippen LogP contribution < -0.4 is 5.73 Å². The Kier molecular flexibility index (Phi) is 6.34. The molecule has 2 N–H and O–H groups in total. The molecule has 1 aliphatic heterocycles. The first-order chi connectivity index (χ1) is 13.3. The number of carbonyl (C=O) groups is 1. The van der Waals surface area contributed by atoms with Gasteiger partial charge in [-0.15, -0.1) is 0 Å². The molecule has 0 saturated carbocycles. The molecule has 6 nitrogen and oxygen atoms in total. The molecular formula is C19H20ClFN2O4S. The highest BCUT2D eigenvalue weighted by Gasteiger charge is 2.34. The summed E-state index contributed by atoms with van der Waals surface area (Å²) in [5.74, 6) is -1.27. The van der Waals surface area contributed by atoms with Crippen molar-refractivity contribution in [1.82, 2.24) is 4.31 Å². The molecule has 0 spiro atoms. The van der Waals surface area contributed by atoms with Gasteiger partial charge in [0, 0.05) is 41.9 Å². The van der Waals surface area contributed by atoms with E-state index in [0.717, 1.165) is 0 Å². The van der Waals surface area contributed by atoms with E-state index < -0.39 is 21.7 Å². The van der Waals surface area contributed by atoms with Crippen LogP contribution in [-0.2, 0) is 21.3 Å².